The van der Waals surface area contributed by atoms with Crippen molar-refractivity contribution in [3.05, 3.63) is 59.1 Å². The molecule has 86 valence electrons. The van der Waals surface area contributed by atoms with Crippen molar-refractivity contribution in [2.75, 3.05) is 0 Å². The van der Waals surface area contributed by atoms with Gasteiger partial charge in [0.25, 0.3) is 5.56 Å². The Bertz CT molecular complexity index is 904. The third-order valence-electron chi connectivity index (χ3n) is 3.25. The van der Waals surface area contributed by atoms with Crippen LogP contribution in [0.5, 0.6) is 0 Å². The van der Waals surface area contributed by atoms with Gasteiger partial charge in [0, 0.05) is 11.6 Å². The van der Waals surface area contributed by atoms with Crippen molar-refractivity contribution in [3.8, 4) is 5.82 Å². The smallest absolute Gasteiger partial charge is 0.275 e. The lowest BCUT2D eigenvalue weighted by Gasteiger charge is -2.09. The fraction of sp³-hybridized carbons (Fsp3) is 0. The van der Waals surface area contributed by atoms with Gasteiger partial charge in [0.1, 0.15) is 0 Å². The van der Waals surface area contributed by atoms with Crippen LogP contribution in [0.25, 0.3) is 27.6 Å². The zero-order valence-electron chi connectivity index (χ0n) is 9.42. The van der Waals surface area contributed by atoms with Crippen LogP contribution in [0.15, 0.2) is 53.6 Å². The highest BCUT2D eigenvalue weighted by Crippen LogP contribution is 2.24. The normalized spacial score (nSPS) is 11.6. The lowest BCUT2D eigenvalue weighted by atomic mass is 10.1. The van der Waals surface area contributed by atoms with Crippen molar-refractivity contribution in [1.29, 1.82) is 0 Å². The predicted molar refractivity (Wildman–Crippen MR) is 70.4 cm³/mol. The summed E-state index contributed by atoms with van der Waals surface area (Å²) in [5.74, 6) is 0.641. The first-order valence-corrected chi connectivity index (χ1v) is 5.71. The largest absolute Gasteiger partial charge is 0.356 e. The summed E-state index contributed by atoms with van der Waals surface area (Å²) in [6, 6.07) is 12.1. The van der Waals surface area contributed by atoms with Gasteiger partial charge in [-0.1, -0.05) is 30.3 Å². The average Bonchev–Trinajstić information content (AvgIpc) is 2.80. The second kappa shape index (κ2) is 3.20. The molecule has 0 atom stereocenters. The Balaban J connectivity index is 2.34. The first kappa shape index (κ1) is 9.41. The highest BCUT2D eigenvalue weighted by atomic mass is 16.1. The van der Waals surface area contributed by atoms with Gasteiger partial charge < -0.3 is 4.98 Å². The summed E-state index contributed by atoms with van der Waals surface area (Å²) < 4.78 is 1.62. The molecule has 0 aromatic heterocycles. The van der Waals surface area contributed by atoms with E-state index in [9.17, 15) is 4.79 Å². The summed E-state index contributed by atoms with van der Waals surface area (Å²) >= 11 is 0. The topological polar surface area (TPSA) is 50.7 Å². The van der Waals surface area contributed by atoms with E-state index in [4.69, 9.17) is 0 Å². The van der Waals surface area contributed by atoms with Crippen molar-refractivity contribution in [2.45, 2.75) is 0 Å². The number of benzene rings is 2. The minimum atomic E-state index is -0.0979. The Morgan fingerprint density at radius 1 is 1.11 bits per heavy atom. The molecule has 4 heteroatoms. The molecular weight excluding hydrogens is 226 g/mol. The van der Waals surface area contributed by atoms with Crippen LogP contribution in [0.3, 0.4) is 0 Å². The molecule has 4 rings (SSSR count). The number of fused-ring (bicyclic) bond motifs is 5. The molecule has 0 fully saturated rings. The number of H-pyrrole nitrogens is 1. The van der Waals surface area contributed by atoms with E-state index in [-0.39, 0.29) is 5.56 Å². The summed E-state index contributed by atoms with van der Waals surface area (Å²) in [5, 5.41) is 2.25. The molecule has 2 aliphatic rings. The van der Waals surface area contributed by atoms with Gasteiger partial charge in [-0.25, -0.2) is 4.98 Å². The molecule has 0 spiro atoms. The molecule has 18 heavy (non-hydrogen) atoms. The lowest BCUT2D eigenvalue weighted by molar-refractivity contribution is 1.03. The molecule has 2 aliphatic heterocycles. The average molecular weight is 235 g/mol. The van der Waals surface area contributed by atoms with Crippen molar-refractivity contribution in [3.63, 3.8) is 0 Å². The molecule has 2 aromatic carbocycles. The molecule has 0 saturated heterocycles. The molecule has 2 heterocycles. The first-order valence-electron chi connectivity index (χ1n) is 5.71. The molecule has 2 aromatic rings. The second-order valence-electron chi connectivity index (χ2n) is 4.26. The predicted octanol–water partition coefficient (Wildman–Crippen LogP) is 2.30. The SMILES string of the molecule is O=c1cnc2c[nH]c3c4ccccc4ccc3n1-2. The maximum Gasteiger partial charge on any atom is 0.275 e. The van der Waals surface area contributed by atoms with Crippen molar-refractivity contribution in [2.24, 2.45) is 0 Å². The van der Waals surface area contributed by atoms with E-state index in [0.29, 0.717) is 5.82 Å². The van der Waals surface area contributed by atoms with E-state index < -0.39 is 0 Å². The van der Waals surface area contributed by atoms with Crippen molar-refractivity contribution < 1.29 is 0 Å². The van der Waals surface area contributed by atoms with Gasteiger partial charge in [0.2, 0.25) is 0 Å². The minimum absolute atomic E-state index is 0.0979. The Morgan fingerprint density at radius 2 is 2.00 bits per heavy atom. The van der Waals surface area contributed by atoms with Gasteiger partial charge in [0.15, 0.2) is 5.82 Å². The van der Waals surface area contributed by atoms with Gasteiger partial charge in [-0.05, 0) is 11.5 Å². The third-order valence-corrected chi connectivity index (χ3v) is 3.25. The number of imidazole rings is 1. The molecule has 0 bridgehead atoms. The van der Waals surface area contributed by atoms with Crippen LogP contribution in [-0.4, -0.2) is 14.5 Å². The minimum Gasteiger partial charge on any atom is -0.356 e. The zero-order chi connectivity index (χ0) is 12.1. The molecule has 0 unspecified atom stereocenters. The molecule has 0 saturated carbocycles. The van der Waals surface area contributed by atoms with Gasteiger partial charge >= 0.3 is 0 Å². The third kappa shape index (κ3) is 1.09. The lowest BCUT2D eigenvalue weighted by Crippen LogP contribution is -2.12. The number of nitrogens with one attached hydrogen (secondary N) is 1. The van der Waals surface area contributed by atoms with Crippen LogP contribution >= 0.6 is 0 Å². The molecule has 0 radical (unpaired) electrons. The van der Waals surface area contributed by atoms with Crippen LogP contribution in [-0.2, 0) is 0 Å². The molecule has 1 N–H and O–H groups in total. The summed E-state index contributed by atoms with van der Waals surface area (Å²) in [7, 11) is 0. The highest BCUT2D eigenvalue weighted by molar-refractivity contribution is 6.04. The molecular formula is C14H9N3O. The van der Waals surface area contributed by atoms with Crippen LogP contribution in [0, 0.1) is 0 Å². The number of rotatable bonds is 0. The molecule has 4 nitrogen and oxygen atoms in total. The van der Waals surface area contributed by atoms with Gasteiger partial charge in [-0.2, -0.15) is 0 Å². The molecule has 0 amide bonds. The Morgan fingerprint density at radius 3 is 2.94 bits per heavy atom. The Hall–Kier alpha value is -2.62. The van der Waals surface area contributed by atoms with Crippen LogP contribution in [0.2, 0.25) is 0 Å². The van der Waals surface area contributed by atoms with Crippen molar-refractivity contribution >= 4 is 21.8 Å². The number of hydrogen-bond acceptors (Lipinski definition) is 2. The van der Waals surface area contributed by atoms with Crippen molar-refractivity contribution in [1.82, 2.24) is 14.5 Å². The fourth-order valence-electron chi connectivity index (χ4n) is 2.43. The van der Waals surface area contributed by atoms with Gasteiger partial charge in [0.05, 0.1) is 17.2 Å². The van der Waals surface area contributed by atoms with Crippen LogP contribution in [0.1, 0.15) is 0 Å². The summed E-state index contributed by atoms with van der Waals surface area (Å²) in [6.45, 7) is 0. The van der Waals surface area contributed by atoms with E-state index >= 15 is 0 Å². The second-order valence-corrected chi connectivity index (χ2v) is 4.26. The Labute approximate surface area is 102 Å². The summed E-state index contributed by atoms with van der Waals surface area (Å²) in [4.78, 5) is 19.1. The summed E-state index contributed by atoms with van der Waals surface area (Å²) in [6.07, 6.45) is 3.11. The Kier molecular flexibility index (Phi) is 1.67. The van der Waals surface area contributed by atoms with E-state index in [2.05, 4.69) is 16.0 Å². The zero-order valence-corrected chi connectivity index (χ0v) is 9.42. The quantitative estimate of drug-likeness (QED) is 0.475. The van der Waals surface area contributed by atoms with Crippen LogP contribution in [0.4, 0.5) is 0 Å². The molecule has 0 aliphatic carbocycles. The van der Waals surface area contributed by atoms with Gasteiger partial charge in [-0.15, -0.1) is 0 Å². The van der Waals surface area contributed by atoms with E-state index in [1.165, 1.54) is 6.20 Å². The summed E-state index contributed by atoms with van der Waals surface area (Å²) in [5.41, 5.74) is 1.71. The fourth-order valence-corrected chi connectivity index (χ4v) is 2.43. The van der Waals surface area contributed by atoms with E-state index in [1.807, 2.05) is 30.3 Å². The monoisotopic (exact) mass is 235 g/mol. The van der Waals surface area contributed by atoms with Gasteiger partial charge in [-0.3, -0.25) is 9.36 Å². The van der Waals surface area contributed by atoms with E-state index in [0.717, 1.165) is 21.8 Å². The maximum atomic E-state index is 11.8. The number of aromatic amines is 1. The standard InChI is InChI=1S/C14H9N3O/c18-13-8-15-12-7-16-14-10-4-2-1-3-9(10)5-6-11(14)17(12)13/h1-8,16H. The van der Waals surface area contributed by atoms with E-state index in [1.54, 1.807) is 10.8 Å². The first-order chi connectivity index (χ1) is 8.84. The number of hydrogen-bond donors (Lipinski definition) is 1. The maximum absolute atomic E-state index is 11.8. The van der Waals surface area contributed by atoms with Crippen LogP contribution < -0.4 is 5.56 Å². The number of aromatic nitrogens is 3. The number of nitrogens with zero attached hydrogens (tertiary/aromatic N) is 2. The highest BCUT2D eigenvalue weighted by Gasteiger charge is 2.11.